The lowest BCUT2D eigenvalue weighted by Crippen LogP contribution is -2.53. The molecule has 2 aliphatic rings. The van der Waals surface area contributed by atoms with Gasteiger partial charge in [-0.25, -0.2) is 10.4 Å². The average Bonchev–Trinajstić information content (AvgIpc) is 3.12. The van der Waals surface area contributed by atoms with Crippen molar-refractivity contribution in [2.45, 2.75) is 18.9 Å². The highest BCUT2D eigenvalue weighted by Crippen LogP contribution is 2.31. The maximum Gasteiger partial charge on any atom is 0.233 e. The molecule has 148 valence electrons. The van der Waals surface area contributed by atoms with E-state index < -0.39 is 0 Å². The van der Waals surface area contributed by atoms with Gasteiger partial charge in [-0.1, -0.05) is 29.8 Å². The van der Waals surface area contributed by atoms with Crippen LogP contribution in [0, 0.1) is 0 Å². The summed E-state index contributed by atoms with van der Waals surface area (Å²) >= 11 is 6.61. The Morgan fingerprint density at radius 2 is 2.25 bits per heavy atom. The van der Waals surface area contributed by atoms with Crippen LogP contribution in [0.4, 0.5) is 0 Å². The summed E-state index contributed by atoms with van der Waals surface area (Å²) in [5, 5.41) is 6.45. The standard InChI is InChI=1S/C20H25ClN6O/c1-22-19(28)12-26-8-4-5-14(10-26)25-27-11-17(21)20(24-13-27)16-9-23-18-7-3-2-6-15(16)18/h2-3,6-7,9,13-14,23,25H,4-5,8,10-12H2,1H3,(H,22,28). The van der Waals surface area contributed by atoms with Gasteiger partial charge in [0.1, 0.15) is 6.34 Å². The number of amides is 1. The molecule has 1 unspecified atom stereocenters. The van der Waals surface area contributed by atoms with E-state index >= 15 is 0 Å². The monoisotopic (exact) mass is 400 g/mol. The fourth-order valence-corrected chi connectivity index (χ4v) is 4.13. The second-order valence-corrected chi connectivity index (χ2v) is 7.71. The van der Waals surface area contributed by atoms with Gasteiger partial charge < -0.3 is 10.3 Å². The summed E-state index contributed by atoms with van der Waals surface area (Å²) in [4.78, 5) is 21.7. The Bertz CT molecular complexity index is 920. The van der Waals surface area contributed by atoms with E-state index in [1.165, 1.54) is 0 Å². The number of nitrogens with one attached hydrogen (secondary N) is 3. The van der Waals surface area contributed by atoms with Crippen molar-refractivity contribution >= 4 is 40.4 Å². The van der Waals surface area contributed by atoms with Crippen LogP contribution in [-0.2, 0) is 4.79 Å². The minimum Gasteiger partial charge on any atom is -0.360 e. The minimum absolute atomic E-state index is 0.0505. The molecule has 3 N–H and O–H groups in total. The number of hydrogen-bond acceptors (Lipinski definition) is 5. The van der Waals surface area contributed by atoms with Gasteiger partial charge in [0.25, 0.3) is 0 Å². The predicted molar refractivity (Wildman–Crippen MR) is 113 cm³/mol. The number of aliphatic imine (C=N–C) groups is 1. The molecule has 8 heteroatoms. The number of fused-ring (bicyclic) bond motifs is 1. The van der Waals surface area contributed by atoms with E-state index in [9.17, 15) is 4.79 Å². The van der Waals surface area contributed by atoms with Crippen LogP contribution in [0.3, 0.4) is 0 Å². The summed E-state index contributed by atoms with van der Waals surface area (Å²) < 4.78 is 0. The summed E-state index contributed by atoms with van der Waals surface area (Å²) in [6.45, 7) is 2.78. The van der Waals surface area contributed by atoms with Crippen LogP contribution in [0.25, 0.3) is 16.6 Å². The highest BCUT2D eigenvalue weighted by molar-refractivity contribution is 6.33. The Hall–Kier alpha value is -2.35. The quantitative estimate of drug-likeness (QED) is 0.718. The summed E-state index contributed by atoms with van der Waals surface area (Å²) in [5.74, 6) is 0.0505. The van der Waals surface area contributed by atoms with Gasteiger partial charge in [0.2, 0.25) is 5.91 Å². The van der Waals surface area contributed by atoms with Gasteiger partial charge in [-0.05, 0) is 25.5 Å². The van der Waals surface area contributed by atoms with E-state index in [1.807, 2.05) is 29.4 Å². The van der Waals surface area contributed by atoms with E-state index in [2.05, 4.69) is 31.7 Å². The van der Waals surface area contributed by atoms with Crippen molar-refractivity contribution in [2.75, 3.05) is 33.2 Å². The van der Waals surface area contributed by atoms with Crippen LogP contribution >= 0.6 is 11.6 Å². The second kappa shape index (κ2) is 8.34. The highest BCUT2D eigenvalue weighted by atomic mass is 35.5. The summed E-state index contributed by atoms with van der Waals surface area (Å²) in [6.07, 6.45) is 5.89. The number of likely N-dealkylation sites (N-methyl/N-ethyl adjacent to an activating group) is 1. The van der Waals surface area contributed by atoms with Gasteiger partial charge in [0.15, 0.2) is 0 Å². The number of H-pyrrole nitrogens is 1. The third-order valence-corrected chi connectivity index (χ3v) is 5.54. The zero-order chi connectivity index (χ0) is 19.5. The van der Waals surface area contributed by atoms with E-state index in [4.69, 9.17) is 11.6 Å². The number of hydrogen-bond donors (Lipinski definition) is 3. The first-order valence-electron chi connectivity index (χ1n) is 9.59. The van der Waals surface area contributed by atoms with Gasteiger partial charge in [-0.2, -0.15) is 0 Å². The first kappa shape index (κ1) is 19.0. The zero-order valence-electron chi connectivity index (χ0n) is 15.9. The van der Waals surface area contributed by atoms with E-state index in [1.54, 1.807) is 13.4 Å². The predicted octanol–water partition coefficient (Wildman–Crippen LogP) is 2.13. The molecular formula is C20H25ClN6O. The van der Waals surface area contributed by atoms with Crippen molar-refractivity contribution in [1.29, 1.82) is 0 Å². The number of aromatic nitrogens is 1. The molecule has 0 spiro atoms. The van der Waals surface area contributed by atoms with E-state index in [-0.39, 0.29) is 11.9 Å². The molecule has 7 nitrogen and oxygen atoms in total. The van der Waals surface area contributed by atoms with Crippen molar-refractivity contribution < 1.29 is 4.79 Å². The number of aromatic amines is 1. The summed E-state index contributed by atoms with van der Waals surface area (Å²) in [6, 6.07) is 8.40. The average molecular weight is 401 g/mol. The SMILES string of the molecule is CNC(=O)CN1CCCC(NN2C=NC(c3c[nH]c4ccccc34)=C(Cl)C2)C1. The number of benzene rings is 1. The number of carbonyl (C=O) groups is 1. The largest absolute Gasteiger partial charge is 0.360 e. The maximum absolute atomic E-state index is 11.6. The molecule has 0 radical (unpaired) electrons. The van der Waals surface area contributed by atoms with Crippen LogP contribution in [0.1, 0.15) is 18.4 Å². The lowest BCUT2D eigenvalue weighted by atomic mass is 10.1. The first-order valence-corrected chi connectivity index (χ1v) is 9.97. The molecule has 1 aromatic heterocycles. The van der Waals surface area contributed by atoms with Crippen molar-refractivity contribution in [2.24, 2.45) is 4.99 Å². The number of halogens is 1. The molecule has 2 aromatic rings. The van der Waals surface area contributed by atoms with E-state index in [0.717, 1.165) is 48.1 Å². The Kier molecular flexibility index (Phi) is 5.66. The minimum atomic E-state index is 0.0505. The highest BCUT2D eigenvalue weighted by Gasteiger charge is 2.24. The van der Waals surface area contributed by atoms with Gasteiger partial charge in [-0.15, -0.1) is 0 Å². The number of piperidine rings is 1. The Balaban J connectivity index is 1.40. The number of hydrazine groups is 1. The molecule has 0 aliphatic carbocycles. The number of carbonyl (C=O) groups excluding carboxylic acids is 1. The fourth-order valence-electron chi connectivity index (χ4n) is 3.85. The van der Waals surface area contributed by atoms with Crippen LogP contribution in [0.2, 0.25) is 0 Å². The van der Waals surface area contributed by atoms with Crippen molar-refractivity contribution in [3.63, 3.8) is 0 Å². The second-order valence-electron chi connectivity index (χ2n) is 7.25. The topological polar surface area (TPSA) is 75.8 Å². The number of rotatable bonds is 5. The van der Waals surface area contributed by atoms with Crippen molar-refractivity contribution in [3.05, 3.63) is 41.1 Å². The van der Waals surface area contributed by atoms with Crippen LogP contribution < -0.4 is 10.7 Å². The molecule has 1 amide bonds. The smallest absolute Gasteiger partial charge is 0.233 e. The van der Waals surface area contributed by atoms with E-state index in [0.29, 0.717) is 18.1 Å². The van der Waals surface area contributed by atoms with Gasteiger partial charge in [-0.3, -0.25) is 14.7 Å². The molecule has 1 atom stereocenters. The molecule has 0 saturated carbocycles. The van der Waals surface area contributed by atoms with Crippen LogP contribution in [0.15, 0.2) is 40.5 Å². The molecule has 1 aromatic carbocycles. The molecule has 28 heavy (non-hydrogen) atoms. The third-order valence-electron chi connectivity index (χ3n) is 5.24. The Labute approximate surface area is 169 Å². The molecule has 4 rings (SSSR count). The zero-order valence-corrected chi connectivity index (χ0v) is 16.7. The molecule has 1 fully saturated rings. The van der Waals surface area contributed by atoms with Gasteiger partial charge in [0.05, 0.1) is 23.8 Å². The molecule has 3 heterocycles. The normalized spacial score (nSPS) is 20.8. The van der Waals surface area contributed by atoms with Crippen LogP contribution in [-0.4, -0.2) is 66.4 Å². The lowest BCUT2D eigenvalue weighted by Gasteiger charge is -2.36. The summed E-state index contributed by atoms with van der Waals surface area (Å²) in [7, 11) is 1.67. The molecule has 2 aliphatic heterocycles. The third kappa shape index (κ3) is 4.06. The first-order chi connectivity index (χ1) is 13.6. The number of para-hydroxylation sites is 1. The lowest BCUT2D eigenvalue weighted by molar-refractivity contribution is -0.122. The Morgan fingerprint density at radius 3 is 3.07 bits per heavy atom. The van der Waals surface area contributed by atoms with Crippen molar-refractivity contribution in [1.82, 2.24) is 25.6 Å². The van der Waals surface area contributed by atoms with Crippen molar-refractivity contribution in [3.8, 4) is 0 Å². The van der Waals surface area contributed by atoms with Gasteiger partial charge in [0, 0.05) is 42.3 Å². The molecule has 1 saturated heterocycles. The Morgan fingerprint density at radius 1 is 1.39 bits per heavy atom. The van der Waals surface area contributed by atoms with Gasteiger partial charge >= 0.3 is 0 Å². The number of nitrogens with zero attached hydrogens (tertiary/aromatic N) is 3. The molecular weight excluding hydrogens is 376 g/mol. The summed E-state index contributed by atoms with van der Waals surface area (Å²) in [5.41, 5.74) is 6.40. The fraction of sp³-hybridized carbons (Fsp3) is 0.400. The van der Waals surface area contributed by atoms with Crippen LogP contribution in [0.5, 0.6) is 0 Å². The maximum atomic E-state index is 11.6. The molecule has 0 bridgehead atoms. The number of likely N-dealkylation sites (tertiary alicyclic amines) is 1.